The predicted molar refractivity (Wildman–Crippen MR) is 70.6 cm³/mol. The maximum Gasteiger partial charge on any atom is 0.253 e. The molecule has 0 aliphatic heterocycles. The Labute approximate surface area is 112 Å². The highest BCUT2D eigenvalue weighted by atomic mass is 32.2. The Kier molecular flexibility index (Phi) is 5.05. The lowest BCUT2D eigenvalue weighted by molar-refractivity contribution is -0.120. The minimum atomic E-state index is -3.49. The molecule has 6 nitrogen and oxygen atoms in total. The summed E-state index contributed by atoms with van der Waals surface area (Å²) >= 11 is 0. The number of sulfone groups is 1. The molecule has 1 aromatic rings. The number of amides is 2. The number of hydrogen-bond acceptors (Lipinski definition) is 4. The summed E-state index contributed by atoms with van der Waals surface area (Å²) in [6, 6.07) is 5.87. The van der Waals surface area contributed by atoms with Gasteiger partial charge in [-0.3, -0.25) is 9.59 Å². The summed E-state index contributed by atoms with van der Waals surface area (Å²) < 4.78 is 23.1. The Morgan fingerprint density at radius 2 is 1.79 bits per heavy atom. The highest BCUT2D eigenvalue weighted by Crippen LogP contribution is 2.14. The van der Waals surface area contributed by atoms with Crippen LogP contribution in [0, 0.1) is 0 Å². The minimum absolute atomic E-state index is 0.0364. The van der Waals surface area contributed by atoms with Crippen LogP contribution >= 0.6 is 0 Å². The molecule has 0 spiro atoms. The maximum absolute atomic E-state index is 11.9. The standard InChI is InChI=1S/C12H16N2O4S/c1-3-13-11(15)8-14-12(16)9-6-4-5-7-10(9)19(2,17)18/h4-7H,3,8H2,1-2H3,(H,13,15)(H,14,16). The van der Waals surface area contributed by atoms with Crippen molar-refractivity contribution in [2.24, 2.45) is 0 Å². The van der Waals surface area contributed by atoms with Gasteiger partial charge in [-0.1, -0.05) is 12.1 Å². The van der Waals surface area contributed by atoms with E-state index in [1.165, 1.54) is 18.2 Å². The molecule has 1 aromatic carbocycles. The molecule has 0 aromatic heterocycles. The van der Waals surface area contributed by atoms with Gasteiger partial charge in [0.05, 0.1) is 17.0 Å². The molecular formula is C12H16N2O4S. The molecule has 2 amide bonds. The first-order valence-corrected chi connectivity index (χ1v) is 7.59. The molecule has 0 aliphatic carbocycles. The average molecular weight is 284 g/mol. The third-order valence-electron chi connectivity index (χ3n) is 2.31. The van der Waals surface area contributed by atoms with Crippen molar-refractivity contribution in [3.8, 4) is 0 Å². The maximum atomic E-state index is 11.9. The van der Waals surface area contributed by atoms with Crippen LogP contribution in [0.5, 0.6) is 0 Å². The lowest BCUT2D eigenvalue weighted by Gasteiger charge is -2.08. The molecular weight excluding hydrogens is 268 g/mol. The van der Waals surface area contributed by atoms with Crippen LogP contribution in [0.2, 0.25) is 0 Å². The number of likely N-dealkylation sites (N-methyl/N-ethyl adjacent to an activating group) is 1. The van der Waals surface area contributed by atoms with Crippen molar-refractivity contribution in [2.45, 2.75) is 11.8 Å². The Hall–Kier alpha value is -1.89. The van der Waals surface area contributed by atoms with Crippen LogP contribution in [0.25, 0.3) is 0 Å². The second-order valence-electron chi connectivity index (χ2n) is 3.90. The Morgan fingerprint density at radius 1 is 1.16 bits per heavy atom. The van der Waals surface area contributed by atoms with Crippen LogP contribution in [0.4, 0.5) is 0 Å². The third kappa shape index (κ3) is 4.36. The monoisotopic (exact) mass is 284 g/mol. The molecule has 7 heteroatoms. The summed E-state index contributed by atoms with van der Waals surface area (Å²) in [5, 5.41) is 4.91. The van der Waals surface area contributed by atoms with Crippen molar-refractivity contribution in [3.63, 3.8) is 0 Å². The van der Waals surface area contributed by atoms with Gasteiger partial charge in [-0.25, -0.2) is 8.42 Å². The van der Waals surface area contributed by atoms with E-state index in [0.717, 1.165) is 6.26 Å². The smallest absolute Gasteiger partial charge is 0.253 e. The quantitative estimate of drug-likeness (QED) is 0.793. The fraction of sp³-hybridized carbons (Fsp3) is 0.333. The van der Waals surface area contributed by atoms with E-state index in [4.69, 9.17) is 0 Å². The highest BCUT2D eigenvalue weighted by molar-refractivity contribution is 7.90. The van der Waals surface area contributed by atoms with Crippen molar-refractivity contribution in [2.75, 3.05) is 19.3 Å². The van der Waals surface area contributed by atoms with Crippen LogP contribution in [-0.4, -0.2) is 39.6 Å². The Balaban J connectivity index is 2.87. The largest absolute Gasteiger partial charge is 0.355 e. The van der Waals surface area contributed by atoms with Gasteiger partial charge in [0.1, 0.15) is 0 Å². The van der Waals surface area contributed by atoms with Crippen molar-refractivity contribution < 1.29 is 18.0 Å². The first-order chi connectivity index (χ1) is 8.86. The molecule has 0 radical (unpaired) electrons. The Bertz CT molecular complexity index is 581. The molecule has 0 bridgehead atoms. The van der Waals surface area contributed by atoms with E-state index in [1.807, 2.05) is 0 Å². The lowest BCUT2D eigenvalue weighted by atomic mass is 10.2. The van der Waals surface area contributed by atoms with Gasteiger partial charge in [0.2, 0.25) is 5.91 Å². The predicted octanol–water partition coefficient (Wildman–Crippen LogP) is -0.0440. The first kappa shape index (κ1) is 15.2. The molecule has 2 N–H and O–H groups in total. The van der Waals surface area contributed by atoms with Gasteiger partial charge in [0, 0.05) is 12.8 Å². The molecule has 1 rings (SSSR count). The van der Waals surface area contributed by atoms with Gasteiger partial charge in [-0.05, 0) is 19.1 Å². The van der Waals surface area contributed by atoms with Gasteiger partial charge in [0.25, 0.3) is 5.91 Å². The van der Waals surface area contributed by atoms with Crippen molar-refractivity contribution in [1.29, 1.82) is 0 Å². The Morgan fingerprint density at radius 3 is 2.37 bits per heavy atom. The van der Waals surface area contributed by atoms with Crippen LogP contribution in [-0.2, 0) is 14.6 Å². The molecule has 0 heterocycles. The fourth-order valence-corrected chi connectivity index (χ4v) is 2.38. The summed E-state index contributed by atoms with van der Waals surface area (Å²) in [6.45, 7) is 2.04. The SMILES string of the molecule is CCNC(=O)CNC(=O)c1ccccc1S(C)(=O)=O. The molecule has 0 atom stereocenters. The number of carbonyl (C=O) groups is 2. The van der Waals surface area contributed by atoms with Crippen LogP contribution in [0.1, 0.15) is 17.3 Å². The summed E-state index contributed by atoms with van der Waals surface area (Å²) in [5.41, 5.74) is 0.0364. The normalized spacial score (nSPS) is 10.8. The first-order valence-electron chi connectivity index (χ1n) is 5.70. The lowest BCUT2D eigenvalue weighted by Crippen LogP contribution is -2.37. The van der Waals surface area contributed by atoms with Gasteiger partial charge >= 0.3 is 0 Å². The summed E-state index contributed by atoms with van der Waals surface area (Å²) in [4.78, 5) is 23.0. The fourth-order valence-electron chi connectivity index (χ4n) is 1.49. The summed E-state index contributed by atoms with van der Waals surface area (Å²) in [7, 11) is -3.49. The summed E-state index contributed by atoms with van der Waals surface area (Å²) in [5.74, 6) is -0.917. The van der Waals surface area contributed by atoms with Gasteiger partial charge in [0.15, 0.2) is 9.84 Å². The number of benzene rings is 1. The molecule has 104 valence electrons. The van der Waals surface area contributed by atoms with Crippen molar-refractivity contribution in [1.82, 2.24) is 10.6 Å². The van der Waals surface area contributed by atoms with E-state index >= 15 is 0 Å². The molecule has 0 saturated carbocycles. The van der Waals surface area contributed by atoms with Crippen LogP contribution in [0.15, 0.2) is 29.2 Å². The van der Waals surface area contributed by atoms with Crippen molar-refractivity contribution >= 4 is 21.7 Å². The topological polar surface area (TPSA) is 92.3 Å². The van der Waals surface area contributed by atoms with Crippen molar-refractivity contribution in [3.05, 3.63) is 29.8 Å². The van der Waals surface area contributed by atoms with Gasteiger partial charge in [-0.15, -0.1) is 0 Å². The number of rotatable bonds is 5. The molecule has 0 fully saturated rings. The van der Waals surface area contributed by atoms with E-state index in [1.54, 1.807) is 13.0 Å². The number of carbonyl (C=O) groups excluding carboxylic acids is 2. The van der Waals surface area contributed by atoms with Crippen LogP contribution in [0.3, 0.4) is 0 Å². The number of nitrogens with one attached hydrogen (secondary N) is 2. The molecule has 0 saturated heterocycles. The van der Waals surface area contributed by atoms with E-state index in [2.05, 4.69) is 10.6 Å². The van der Waals surface area contributed by atoms with Gasteiger partial charge in [-0.2, -0.15) is 0 Å². The zero-order valence-electron chi connectivity index (χ0n) is 10.8. The third-order valence-corrected chi connectivity index (χ3v) is 3.47. The summed E-state index contributed by atoms with van der Waals surface area (Å²) in [6.07, 6.45) is 1.03. The van der Waals surface area contributed by atoms with Crippen LogP contribution < -0.4 is 10.6 Å². The second-order valence-corrected chi connectivity index (χ2v) is 5.89. The zero-order chi connectivity index (χ0) is 14.5. The molecule has 0 unspecified atom stereocenters. The van der Waals surface area contributed by atoms with E-state index in [0.29, 0.717) is 6.54 Å². The second kappa shape index (κ2) is 6.33. The number of hydrogen-bond donors (Lipinski definition) is 2. The van der Waals surface area contributed by atoms with E-state index in [9.17, 15) is 18.0 Å². The zero-order valence-corrected chi connectivity index (χ0v) is 11.6. The van der Waals surface area contributed by atoms with E-state index in [-0.39, 0.29) is 22.9 Å². The minimum Gasteiger partial charge on any atom is -0.355 e. The highest BCUT2D eigenvalue weighted by Gasteiger charge is 2.18. The molecule has 0 aliphatic rings. The average Bonchev–Trinajstić information content (AvgIpc) is 2.35. The van der Waals surface area contributed by atoms with Gasteiger partial charge < -0.3 is 10.6 Å². The van der Waals surface area contributed by atoms with E-state index < -0.39 is 15.7 Å². The molecule has 19 heavy (non-hydrogen) atoms.